The number of ketones is 5. The largest absolute Gasteiger partial charge is 0.416 e. The predicted molar refractivity (Wildman–Crippen MR) is 496 cm³/mol. The van der Waals surface area contributed by atoms with E-state index < -0.39 is 45.5 Å². The fourth-order valence-electron chi connectivity index (χ4n) is 16.9. The van der Waals surface area contributed by atoms with E-state index in [2.05, 4.69) is 86.1 Å². The van der Waals surface area contributed by atoms with E-state index in [0.29, 0.717) is 131 Å². The van der Waals surface area contributed by atoms with Crippen LogP contribution < -0.4 is 24.5 Å². The van der Waals surface area contributed by atoms with Gasteiger partial charge < -0.3 is 50.0 Å². The summed E-state index contributed by atoms with van der Waals surface area (Å²) in [6.07, 6.45) is -3.00. The number of aliphatic hydroxyl groups is 5. The second kappa shape index (κ2) is 31.7. The Kier molecular flexibility index (Phi) is 22.0. The average molecular weight is 2010 g/mol. The summed E-state index contributed by atoms with van der Waals surface area (Å²) in [5, 5.41) is 56.3. The van der Waals surface area contributed by atoms with Crippen molar-refractivity contribution in [2.75, 3.05) is 57.2 Å². The highest BCUT2D eigenvalue weighted by atomic mass is 127. The first-order valence-electron chi connectivity index (χ1n) is 39.1. The van der Waals surface area contributed by atoms with Gasteiger partial charge in [0.1, 0.15) is 28.3 Å². The number of hydrogen-bond donors (Lipinski definition) is 5. The van der Waals surface area contributed by atoms with E-state index in [4.69, 9.17) is 16.6 Å². The van der Waals surface area contributed by atoms with Crippen LogP contribution in [0, 0.1) is 62.5 Å². The van der Waals surface area contributed by atoms with E-state index in [1.165, 1.54) is 29.6 Å². The number of aliphatic imine (C=N–C) groups is 5. The standard InChI is InChI=1S/C20H17N3O2S.C19H14ClF3N2O2.C19H17IN2O2.C17H15IN2O2S.C16H13BrN2O2S/c1-11-7-14-15(8-12(11)2)22-19-20(25,18(14)24)5-6-23(19)13-3-4-17-16(9-13)21-10-26-17;1-10-8-13-15(9-14(10)19(21,22)23)24-17-18(27,16(13)26)6-7-25(17)12-4-2-11(20)3-5-12;1-11-9-15-16(10-12(11)2)21-18-19(24,17(15)23)7-8-22(18)14-5-3-13(20)4-6-14;1-9-10(2)23-15-13(9)14(21)17(22)7-8-20(16(17)19-15)12-5-3-11(18)4-6-12;1-9-7-12-13(22-9)14(20)16(21)5-6-19(15(16)18-12)11-4-2-3-10(17)8-11/h3-4,7-10,25H,5-6H2,1-2H3;2-5,8-9,27H,6-7H2,1H3;3-6,9-10,24H,7-8H2,1-2H3;3-6,22H,7-8H2,1-2H3;2-4,7-8,21H,5-6H2,1H3/t20-;18-;19-;17-;16-/m11111/s1. The van der Waals surface area contributed by atoms with Gasteiger partial charge in [-0.3, -0.25) is 24.0 Å². The van der Waals surface area contributed by atoms with Crippen LogP contribution in [0.5, 0.6) is 0 Å². The van der Waals surface area contributed by atoms with Crippen molar-refractivity contribution in [1.82, 2.24) is 4.98 Å². The summed E-state index contributed by atoms with van der Waals surface area (Å²) in [5.74, 6) is 0.289. The van der Waals surface area contributed by atoms with Crippen LogP contribution in [-0.4, -0.2) is 149 Å². The molecule has 622 valence electrons. The van der Waals surface area contributed by atoms with Crippen molar-refractivity contribution in [1.29, 1.82) is 0 Å². The van der Waals surface area contributed by atoms with E-state index >= 15 is 0 Å². The maximum Gasteiger partial charge on any atom is 0.416 e. The maximum absolute atomic E-state index is 13.2. The number of halogens is 7. The van der Waals surface area contributed by atoms with Crippen LogP contribution in [-0.2, 0) is 6.18 Å². The molecule has 0 radical (unpaired) electrons. The molecule has 21 nitrogen and oxygen atoms in total. The summed E-state index contributed by atoms with van der Waals surface area (Å²) in [7, 11) is 0. The van der Waals surface area contributed by atoms with Gasteiger partial charge in [-0.2, -0.15) is 13.2 Å². The zero-order chi connectivity index (χ0) is 86.5. The molecule has 5 fully saturated rings. The Labute approximate surface area is 751 Å². The van der Waals surface area contributed by atoms with Crippen LogP contribution in [0.15, 0.2) is 193 Å². The number of carbonyl (C=O) groups is 5. The molecule has 0 saturated carbocycles. The summed E-state index contributed by atoms with van der Waals surface area (Å²) in [4.78, 5) is 104. The van der Waals surface area contributed by atoms with E-state index in [-0.39, 0.29) is 52.2 Å². The fraction of sp³-hybridized carbons (Fsp3) is 0.264. The third-order valence-corrected chi connectivity index (χ3v) is 29.1. The van der Waals surface area contributed by atoms with Crippen molar-refractivity contribution >= 4 is 231 Å². The average Bonchev–Trinajstić information content (AvgIpc) is 1.55. The first-order chi connectivity index (χ1) is 57.9. The molecule has 5 N–H and O–H groups in total. The normalized spacial score (nSPS) is 22.3. The Morgan fingerprint density at radius 3 is 1.30 bits per heavy atom. The van der Waals surface area contributed by atoms with E-state index in [9.17, 15) is 62.7 Å². The van der Waals surface area contributed by atoms with Crippen LogP contribution >= 0.6 is 107 Å². The van der Waals surface area contributed by atoms with Gasteiger partial charge in [0.15, 0.2) is 33.8 Å². The molecule has 10 aliphatic heterocycles. The lowest BCUT2D eigenvalue weighted by molar-refractivity contribution is -0.138. The van der Waals surface area contributed by atoms with Crippen molar-refractivity contribution < 1.29 is 62.7 Å². The Bertz CT molecular complexity index is 6480. The topological polar surface area (TPSA) is 277 Å². The number of thiophene rings is 2. The Morgan fingerprint density at radius 1 is 0.434 bits per heavy atom. The quantitative estimate of drug-likeness (QED) is 0.100. The lowest BCUT2D eigenvalue weighted by Gasteiger charge is -2.30. The van der Waals surface area contributed by atoms with Crippen molar-refractivity contribution in [2.45, 2.75) is 122 Å². The Morgan fingerprint density at radius 2 is 0.828 bits per heavy atom. The fourth-order valence-corrected chi connectivity index (χ4v) is 20.8. The van der Waals surface area contributed by atoms with E-state index in [1.54, 1.807) is 40.5 Å². The van der Waals surface area contributed by atoms with Gasteiger partial charge in [0, 0.05) is 136 Å². The van der Waals surface area contributed by atoms with Gasteiger partial charge in [0.25, 0.3) is 0 Å². The number of nitrogens with zero attached hydrogens (tertiary/aromatic N) is 11. The molecule has 5 atom stereocenters. The molecule has 0 aliphatic carbocycles. The van der Waals surface area contributed by atoms with Crippen LogP contribution in [0.3, 0.4) is 0 Å². The molecule has 13 heterocycles. The van der Waals surface area contributed by atoms with Gasteiger partial charge in [-0.15, -0.1) is 34.0 Å². The smallest absolute Gasteiger partial charge is 0.374 e. The van der Waals surface area contributed by atoms with Crippen molar-refractivity contribution in [2.24, 2.45) is 25.0 Å². The summed E-state index contributed by atoms with van der Waals surface area (Å²) >= 11 is 18.4. The first kappa shape index (κ1) is 84.8. The van der Waals surface area contributed by atoms with Crippen molar-refractivity contribution in [3.8, 4) is 0 Å². The number of fused-ring (bicyclic) bond motifs is 11. The highest BCUT2D eigenvalue weighted by Gasteiger charge is 2.58. The SMILES string of the molecule is Cc1cc2c(cc1C(F)(F)F)N=C1N(c3ccc(Cl)cc3)CC[C@@]1(O)C2=O.Cc1cc2c(cc1C)C(=O)[C@]1(O)CCN(c3ccc(I)cc3)C1=N2.Cc1cc2c(cc1C)C(=O)[C@]1(O)CCN(c3ccc4scnc4c3)C1=N2.Cc1cc2c(s1)C(=O)[C@]1(O)CCN(c3cccc(Br)c3)C1=N2.Cc1sc2c(c1C)C(=O)[C@]1(O)CCN(c3ccc(I)cc3)C1=N2. The molecule has 21 rings (SSSR count). The zero-order valence-corrected chi connectivity index (χ0v) is 75.8. The van der Waals surface area contributed by atoms with Gasteiger partial charge >= 0.3 is 6.18 Å². The Balaban J connectivity index is 0.000000109. The lowest BCUT2D eigenvalue weighted by atomic mass is 9.86. The van der Waals surface area contributed by atoms with Gasteiger partial charge in [-0.25, -0.2) is 29.9 Å². The number of rotatable bonds is 5. The number of aryl methyl sites for hydroxylation is 7. The minimum absolute atomic E-state index is 0.00436. The minimum Gasteiger partial charge on any atom is -0.374 e. The molecule has 5 saturated heterocycles. The molecule has 11 aromatic rings. The zero-order valence-electron chi connectivity index (χ0n) is 66.7. The third kappa shape index (κ3) is 14.6. The first-order valence-corrected chi connectivity index (χ1v) is 44.9. The second-order valence-corrected chi connectivity index (χ2v) is 38.9. The van der Waals surface area contributed by atoms with Gasteiger partial charge in [0.2, 0.25) is 28.9 Å². The molecule has 0 bridgehead atoms. The molecule has 122 heavy (non-hydrogen) atoms. The number of anilines is 5. The van der Waals surface area contributed by atoms with Gasteiger partial charge in [-0.1, -0.05) is 33.6 Å². The van der Waals surface area contributed by atoms with E-state index in [1.807, 2.05) is 195 Å². The monoisotopic (exact) mass is 2000 g/mol. The molecular weight excluding hydrogens is 1930 g/mol. The second-order valence-electron chi connectivity index (χ2n) is 31.7. The molecule has 0 amide bonds. The highest BCUT2D eigenvalue weighted by Crippen LogP contribution is 2.50. The number of amidine groups is 5. The molecular formula is C91H76BrClF3I2N11O10S3. The minimum atomic E-state index is -4.55. The van der Waals surface area contributed by atoms with Crippen molar-refractivity contribution in [3.05, 3.63) is 256 Å². The number of carbonyl (C=O) groups excluding carboxylic acids is 5. The van der Waals surface area contributed by atoms with E-state index in [0.717, 1.165) is 99.3 Å². The summed E-state index contributed by atoms with van der Waals surface area (Å²) in [6.45, 7) is 17.7. The van der Waals surface area contributed by atoms with Crippen LogP contribution in [0.25, 0.3) is 10.2 Å². The number of thiazole rings is 1. The van der Waals surface area contributed by atoms with Crippen molar-refractivity contribution in [3.63, 3.8) is 0 Å². The molecule has 0 spiro atoms. The predicted octanol–water partition coefficient (Wildman–Crippen LogP) is 19.6. The summed E-state index contributed by atoms with van der Waals surface area (Å²) in [5.41, 5.74) is 6.99. The molecule has 0 unspecified atom stereocenters. The number of alkyl halides is 3. The van der Waals surface area contributed by atoms with Gasteiger partial charge in [-0.05, 0) is 286 Å². The summed E-state index contributed by atoms with van der Waals surface area (Å²) in [6, 6.07) is 48.0. The third-order valence-electron chi connectivity index (χ3n) is 24.0. The molecule has 8 aromatic carbocycles. The molecule has 10 aliphatic rings. The number of benzene rings is 8. The molecule has 3 aromatic heterocycles. The highest BCUT2D eigenvalue weighted by molar-refractivity contribution is 14.1. The number of Topliss-reactive ketones (excluding diaryl/α,β-unsaturated/α-hetero) is 5. The van der Waals surface area contributed by atoms with Crippen LogP contribution in [0.1, 0.15) is 132 Å². The number of aromatic nitrogens is 1. The summed E-state index contributed by atoms with van der Waals surface area (Å²) < 4.78 is 44.1. The Hall–Kier alpha value is -9.43. The van der Waals surface area contributed by atoms with Crippen LogP contribution in [0.4, 0.5) is 69.4 Å². The maximum atomic E-state index is 13.2. The van der Waals surface area contributed by atoms with Crippen LogP contribution in [0.2, 0.25) is 5.02 Å². The van der Waals surface area contributed by atoms with Gasteiger partial charge in [0.05, 0.1) is 54.5 Å². The molecule has 31 heteroatoms. The lowest BCUT2D eigenvalue weighted by Crippen LogP contribution is -2.48. The number of hydrogen-bond acceptors (Lipinski definition) is 24.